The van der Waals surface area contributed by atoms with Gasteiger partial charge in [-0.2, -0.15) is 15.0 Å². The summed E-state index contributed by atoms with van der Waals surface area (Å²) in [6.07, 6.45) is 2.39. The van der Waals surface area contributed by atoms with Crippen LogP contribution in [-0.4, -0.2) is 47.1 Å². The molecule has 0 saturated carbocycles. The molecule has 0 aromatic carbocycles. The Kier molecular flexibility index (Phi) is 3.60. The maximum absolute atomic E-state index is 11.4. The number of aromatic nitrogens is 3. The van der Waals surface area contributed by atoms with Gasteiger partial charge < -0.3 is 15.0 Å². The minimum Gasteiger partial charge on any atom is -0.467 e. The number of halogens is 1. The lowest BCUT2D eigenvalue weighted by Crippen LogP contribution is -2.54. The zero-order chi connectivity index (χ0) is 14.1. The van der Waals surface area contributed by atoms with Crippen LogP contribution in [0.25, 0.3) is 0 Å². The third-order valence-electron chi connectivity index (χ3n) is 3.86. The predicted octanol–water partition coefficient (Wildman–Crippen LogP) is 0.638. The van der Waals surface area contributed by atoms with Gasteiger partial charge in [-0.25, -0.2) is 0 Å². The molecular weight excluding hydrogens is 282 g/mol. The fourth-order valence-electron chi connectivity index (χ4n) is 2.85. The quantitative estimate of drug-likeness (QED) is 0.863. The molecule has 0 radical (unpaired) electrons. The minimum atomic E-state index is 0.130. The molecule has 1 amide bonds. The van der Waals surface area contributed by atoms with Crippen LogP contribution in [0.4, 0.5) is 5.95 Å². The summed E-state index contributed by atoms with van der Waals surface area (Å²) in [6.45, 7) is 1.60. The Morgan fingerprint density at radius 2 is 2.20 bits per heavy atom. The number of hydrogen-bond donors (Lipinski definition) is 1. The fourth-order valence-corrected chi connectivity index (χ4v) is 2.99. The number of carbonyl (C=O) groups is 1. The largest absolute Gasteiger partial charge is 0.467 e. The standard InChI is InChI=1S/C12H16ClN5O2/c1-20-12-16-10(13)15-11(17-12)18-5-4-8-7(6-18)2-3-9(19)14-8/h7-8H,2-6H2,1H3,(H,14,19). The van der Waals surface area contributed by atoms with Crippen molar-refractivity contribution >= 4 is 23.5 Å². The zero-order valence-corrected chi connectivity index (χ0v) is 11.9. The molecule has 2 saturated heterocycles. The van der Waals surface area contributed by atoms with Crippen LogP contribution in [0, 0.1) is 5.92 Å². The number of piperidine rings is 2. The van der Waals surface area contributed by atoms with E-state index in [1.54, 1.807) is 0 Å². The highest BCUT2D eigenvalue weighted by molar-refractivity contribution is 6.28. The van der Waals surface area contributed by atoms with E-state index in [4.69, 9.17) is 16.3 Å². The summed E-state index contributed by atoms with van der Waals surface area (Å²) in [7, 11) is 1.50. The average Bonchev–Trinajstić information content (AvgIpc) is 2.46. The van der Waals surface area contributed by atoms with Crippen molar-refractivity contribution in [3.8, 4) is 6.01 Å². The summed E-state index contributed by atoms with van der Waals surface area (Å²) < 4.78 is 5.02. The summed E-state index contributed by atoms with van der Waals surface area (Å²) in [4.78, 5) is 25.8. The Labute approximate surface area is 121 Å². The molecule has 3 rings (SSSR count). The molecule has 1 aromatic rings. The van der Waals surface area contributed by atoms with Crippen LogP contribution in [-0.2, 0) is 4.79 Å². The van der Waals surface area contributed by atoms with Gasteiger partial charge in [0.1, 0.15) is 0 Å². The molecule has 2 atom stereocenters. The second-order valence-corrected chi connectivity index (χ2v) is 5.44. The molecule has 3 heterocycles. The van der Waals surface area contributed by atoms with Gasteiger partial charge in [0.15, 0.2) is 0 Å². The van der Waals surface area contributed by atoms with Crippen molar-refractivity contribution < 1.29 is 9.53 Å². The minimum absolute atomic E-state index is 0.130. The third kappa shape index (κ3) is 2.63. The topological polar surface area (TPSA) is 80.2 Å². The van der Waals surface area contributed by atoms with E-state index in [0.717, 1.165) is 25.9 Å². The normalized spacial score (nSPS) is 25.9. The molecule has 2 aliphatic heterocycles. The summed E-state index contributed by atoms with van der Waals surface area (Å²) in [5.74, 6) is 1.13. The Balaban J connectivity index is 1.76. The van der Waals surface area contributed by atoms with Crippen LogP contribution < -0.4 is 15.0 Å². The molecule has 0 spiro atoms. The summed E-state index contributed by atoms with van der Waals surface area (Å²) >= 11 is 5.88. The van der Waals surface area contributed by atoms with Gasteiger partial charge in [0.05, 0.1) is 7.11 Å². The van der Waals surface area contributed by atoms with Crippen LogP contribution in [0.2, 0.25) is 5.28 Å². The van der Waals surface area contributed by atoms with E-state index < -0.39 is 0 Å². The van der Waals surface area contributed by atoms with Crippen LogP contribution in [0.3, 0.4) is 0 Å². The SMILES string of the molecule is COc1nc(Cl)nc(N2CCC3NC(=O)CCC3C2)n1. The number of hydrogen-bond acceptors (Lipinski definition) is 6. The van der Waals surface area contributed by atoms with Gasteiger partial charge in [-0.1, -0.05) is 0 Å². The van der Waals surface area contributed by atoms with E-state index in [9.17, 15) is 4.79 Å². The highest BCUT2D eigenvalue weighted by atomic mass is 35.5. The number of fused-ring (bicyclic) bond motifs is 1. The first kappa shape index (κ1) is 13.4. The van der Waals surface area contributed by atoms with Crippen molar-refractivity contribution in [1.82, 2.24) is 20.3 Å². The van der Waals surface area contributed by atoms with Gasteiger partial charge in [-0.15, -0.1) is 0 Å². The average molecular weight is 298 g/mol. The molecule has 0 bridgehead atoms. The summed E-state index contributed by atoms with van der Waals surface area (Å²) in [5, 5.41) is 3.19. The molecule has 8 heteroatoms. The van der Waals surface area contributed by atoms with Crippen molar-refractivity contribution in [2.45, 2.75) is 25.3 Å². The first-order chi connectivity index (χ1) is 9.65. The predicted molar refractivity (Wildman–Crippen MR) is 72.9 cm³/mol. The Hall–Kier alpha value is -1.63. The van der Waals surface area contributed by atoms with Gasteiger partial charge >= 0.3 is 6.01 Å². The number of ether oxygens (including phenoxy) is 1. The van der Waals surface area contributed by atoms with E-state index in [0.29, 0.717) is 18.3 Å². The van der Waals surface area contributed by atoms with E-state index in [-0.39, 0.29) is 23.2 Å². The second kappa shape index (κ2) is 5.40. The molecule has 1 aromatic heterocycles. The first-order valence-electron chi connectivity index (χ1n) is 6.65. The number of carbonyl (C=O) groups excluding carboxylic acids is 1. The monoisotopic (exact) mass is 297 g/mol. The highest BCUT2D eigenvalue weighted by Crippen LogP contribution is 2.28. The molecule has 2 unspecified atom stereocenters. The fraction of sp³-hybridized carbons (Fsp3) is 0.667. The number of anilines is 1. The van der Waals surface area contributed by atoms with E-state index in [1.807, 2.05) is 0 Å². The lowest BCUT2D eigenvalue weighted by molar-refractivity contribution is -0.124. The van der Waals surface area contributed by atoms with Crippen LogP contribution in [0.5, 0.6) is 6.01 Å². The van der Waals surface area contributed by atoms with E-state index >= 15 is 0 Å². The Bertz CT molecular complexity index is 527. The second-order valence-electron chi connectivity index (χ2n) is 5.10. The zero-order valence-electron chi connectivity index (χ0n) is 11.2. The number of rotatable bonds is 2. The molecule has 1 N–H and O–H groups in total. The van der Waals surface area contributed by atoms with E-state index in [2.05, 4.69) is 25.2 Å². The van der Waals surface area contributed by atoms with Gasteiger partial charge in [-0.05, 0) is 30.4 Å². The van der Waals surface area contributed by atoms with Gasteiger partial charge in [0.2, 0.25) is 17.1 Å². The number of nitrogens with one attached hydrogen (secondary N) is 1. The van der Waals surface area contributed by atoms with Crippen LogP contribution >= 0.6 is 11.6 Å². The highest BCUT2D eigenvalue weighted by Gasteiger charge is 2.34. The maximum Gasteiger partial charge on any atom is 0.322 e. The van der Waals surface area contributed by atoms with Crippen molar-refractivity contribution in [3.63, 3.8) is 0 Å². The number of nitrogens with zero attached hydrogens (tertiary/aromatic N) is 4. The van der Waals surface area contributed by atoms with Crippen molar-refractivity contribution in [1.29, 1.82) is 0 Å². The number of methoxy groups -OCH3 is 1. The van der Waals surface area contributed by atoms with Crippen LogP contribution in [0.15, 0.2) is 0 Å². The molecule has 108 valence electrons. The smallest absolute Gasteiger partial charge is 0.322 e. The van der Waals surface area contributed by atoms with Crippen LogP contribution in [0.1, 0.15) is 19.3 Å². The third-order valence-corrected chi connectivity index (χ3v) is 4.03. The van der Waals surface area contributed by atoms with Crippen molar-refractivity contribution in [3.05, 3.63) is 5.28 Å². The lowest BCUT2D eigenvalue weighted by Gasteiger charge is -2.41. The molecule has 2 aliphatic rings. The maximum atomic E-state index is 11.4. The van der Waals surface area contributed by atoms with Gasteiger partial charge in [0, 0.05) is 25.6 Å². The summed E-state index contributed by atoms with van der Waals surface area (Å²) in [6, 6.07) is 0.491. The Morgan fingerprint density at radius 1 is 1.35 bits per heavy atom. The lowest BCUT2D eigenvalue weighted by atomic mass is 9.85. The van der Waals surface area contributed by atoms with Gasteiger partial charge in [0.25, 0.3) is 0 Å². The van der Waals surface area contributed by atoms with Gasteiger partial charge in [-0.3, -0.25) is 4.79 Å². The number of amides is 1. The van der Waals surface area contributed by atoms with Crippen molar-refractivity contribution in [2.75, 3.05) is 25.1 Å². The molecular formula is C12H16ClN5O2. The Morgan fingerprint density at radius 3 is 3.00 bits per heavy atom. The molecule has 20 heavy (non-hydrogen) atoms. The summed E-state index contributed by atoms with van der Waals surface area (Å²) in [5.41, 5.74) is 0. The first-order valence-corrected chi connectivity index (χ1v) is 7.03. The molecule has 0 aliphatic carbocycles. The van der Waals surface area contributed by atoms with Crippen molar-refractivity contribution in [2.24, 2.45) is 5.92 Å². The van der Waals surface area contributed by atoms with E-state index in [1.165, 1.54) is 7.11 Å². The molecule has 7 nitrogen and oxygen atoms in total. The molecule has 2 fully saturated rings.